The number of thiazole rings is 1. The molecule has 0 fully saturated rings. The van der Waals surface area contributed by atoms with Gasteiger partial charge in [-0.05, 0) is 6.92 Å². The molecular weight excluding hydrogens is 408 g/mol. The molecule has 0 bridgehead atoms. The van der Waals surface area contributed by atoms with Crippen molar-refractivity contribution in [2.45, 2.75) is 17.8 Å². The van der Waals surface area contributed by atoms with Crippen LogP contribution in [0.1, 0.15) is 11.4 Å². The van der Waals surface area contributed by atoms with Gasteiger partial charge in [0.1, 0.15) is 0 Å². The zero-order valence-corrected chi connectivity index (χ0v) is 16.8. The maximum atomic E-state index is 12.4. The molecule has 0 aliphatic heterocycles. The molecule has 5 rings (SSSR count). The standard InChI is InChI=1S/C19H14N6O2S2/c1-11-9-28-18-20-13(7-16(27)24(11)18)10-29-19-22-17(12-5-3-2-4-6-12)21-14-8-15(26)23-25(14)19/h2-9H,10H2,1H3,(H,23,26). The SMILES string of the molecule is Cc1csc2nc(CSc3nc(-c4ccccc4)nc4cc(=O)[nH]n34)cc(=O)n12. The van der Waals surface area contributed by atoms with Gasteiger partial charge in [0.2, 0.25) is 0 Å². The van der Waals surface area contributed by atoms with E-state index in [1.54, 1.807) is 8.92 Å². The number of aryl methyl sites for hydroxylation is 1. The van der Waals surface area contributed by atoms with Gasteiger partial charge >= 0.3 is 0 Å². The quantitative estimate of drug-likeness (QED) is 0.447. The molecule has 0 saturated heterocycles. The number of H-pyrrole nitrogens is 1. The number of aromatic amines is 1. The van der Waals surface area contributed by atoms with Crippen molar-refractivity contribution < 1.29 is 0 Å². The number of nitrogens with zero attached hydrogens (tertiary/aromatic N) is 5. The Morgan fingerprint density at radius 2 is 1.93 bits per heavy atom. The molecule has 8 nitrogen and oxygen atoms in total. The van der Waals surface area contributed by atoms with E-state index in [1.807, 2.05) is 42.6 Å². The minimum absolute atomic E-state index is 0.100. The molecule has 0 radical (unpaired) electrons. The number of rotatable bonds is 4. The molecule has 0 spiro atoms. The lowest BCUT2D eigenvalue weighted by Crippen LogP contribution is -2.14. The summed E-state index contributed by atoms with van der Waals surface area (Å²) in [5, 5.41) is 5.20. The van der Waals surface area contributed by atoms with Crippen molar-refractivity contribution in [3.8, 4) is 11.4 Å². The molecule has 1 aromatic carbocycles. The van der Waals surface area contributed by atoms with Crippen molar-refractivity contribution in [3.63, 3.8) is 0 Å². The van der Waals surface area contributed by atoms with E-state index in [4.69, 9.17) is 0 Å². The van der Waals surface area contributed by atoms with Crippen LogP contribution in [0.4, 0.5) is 0 Å². The van der Waals surface area contributed by atoms with Crippen molar-refractivity contribution in [2.24, 2.45) is 0 Å². The van der Waals surface area contributed by atoms with Crippen LogP contribution < -0.4 is 11.1 Å². The van der Waals surface area contributed by atoms with Gasteiger partial charge in [-0.2, -0.15) is 0 Å². The molecule has 0 aliphatic carbocycles. The summed E-state index contributed by atoms with van der Waals surface area (Å²) in [6, 6.07) is 12.5. The average molecular weight is 422 g/mol. The monoisotopic (exact) mass is 422 g/mol. The summed E-state index contributed by atoms with van der Waals surface area (Å²) in [6.45, 7) is 1.88. The van der Waals surface area contributed by atoms with Gasteiger partial charge in [0.25, 0.3) is 11.1 Å². The summed E-state index contributed by atoms with van der Waals surface area (Å²) in [6.07, 6.45) is 0. The van der Waals surface area contributed by atoms with E-state index in [0.29, 0.717) is 33.0 Å². The molecule has 29 heavy (non-hydrogen) atoms. The number of fused-ring (bicyclic) bond motifs is 2. The van der Waals surface area contributed by atoms with Gasteiger partial charge in [-0.1, -0.05) is 42.1 Å². The highest BCUT2D eigenvalue weighted by atomic mass is 32.2. The third-order valence-electron chi connectivity index (χ3n) is 4.33. The molecule has 4 heterocycles. The highest BCUT2D eigenvalue weighted by Crippen LogP contribution is 2.24. The first kappa shape index (κ1) is 17.8. The first-order valence-corrected chi connectivity index (χ1v) is 10.6. The van der Waals surface area contributed by atoms with E-state index < -0.39 is 0 Å². The van der Waals surface area contributed by atoms with Crippen molar-refractivity contribution >= 4 is 33.7 Å². The van der Waals surface area contributed by atoms with Gasteiger partial charge in [0.15, 0.2) is 21.6 Å². The van der Waals surface area contributed by atoms with Gasteiger partial charge in [-0.3, -0.25) is 19.1 Å². The molecule has 4 aromatic heterocycles. The first-order valence-electron chi connectivity index (χ1n) is 8.73. The van der Waals surface area contributed by atoms with Crippen LogP contribution in [0, 0.1) is 6.92 Å². The first-order chi connectivity index (χ1) is 14.1. The second-order valence-corrected chi connectivity index (χ2v) is 8.16. The van der Waals surface area contributed by atoms with E-state index in [1.165, 1.54) is 35.2 Å². The summed E-state index contributed by atoms with van der Waals surface area (Å²) < 4.78 is 3.15. The topological polar surface area (TPSA) is 97.4 Å². The third-order valence-corrected chi connectivity index (χ3v) is 6.25. The highest BCUT2D eigenvalue weighted by Gasteiger charge is 2.13. The smallest absolute Gasteiger partial charge is 0.266 e. The zero-order chi connectivity index (χ0) is 20.0. The van der Waals surface area contributed by atoms with Gasteiger partial charge in [0, 0.05) is 34.5 Å². The van der Waals surface area contributed by atoms with Crippen LogP contribution in [0.2, 0.25) is 0 Å². The van der Waals surface area contributed by atoms with Crippen molar-refractivity contribution in [1.29, 1.82) is 0 Å². The number of aromatic nitrogens is 6. The van der Waals surface area contributed by atoms with Crippen LogP contribution >= 0.6 is 23.1 Å². The lowest BCUT2D eigenvalue weighted by atomic mass is 10.2. The number of hydrogen-bond donors (Lipinski definition) is 1. The molecule has 1 N–H and O–H groups in total. The normalized spacial score (nSPS) is 11.5. The van der Waals surface area contributed by atoms with Crippen LogP contribution in [0.5, 0.6) is 0 Å². The fourth-order valence-corrected chi connectivity index (χ4v) is 4.75. The zero-order valence-electron chi connectivity index (χ0n) is 15.2. The van der Waals surface area contributed by atoms with E-state index in [9.17, 15) is 9.59 Å². The Bertz CT molecular complexity index is 1470. The lowest BCUT2D eigenvalue weighted by Gasteiger charge is -2.07. The number of hydrogen-bond acceptors (Lipinski definition) is 7. The number of benzene rings is 1. The molecule has 0 atom stereocenters. The minimum atomic E-state index is -0.252. The van der Waals surface area contributed by atoms with Crippen molar-refractivity contribution in [3.05, 3.63) is 79.9 Å². The van der Waals surface area contributed by atoms with Crippen LogP contribution in [0.25, 0.3) is 22.0 Å². The van der Waals surface area contributed by atoms with Gasteiger partial charge in [0.05, 0.1) is 5.69 Å². The predicted molar refractivity (Wildman–Crippen MR) is 113 cm³/mol. The number of nitrogens with one attached hydrogen (secondary N) is 1. The number of thioether (sulfide) groups is 1. The van der Waals surface area contributed by atoms with E-state index >= 15 is 0 Å². The third kappa shape index (κ3) is 3.26. The predicted octanol–water partition coefficient (Wildman–Crippen LogP) is 2.75. The van der Waals surface area contributed by atoms with Gasteiger partial charge in [-0.15, -0.1) is 11.3 Å². The van der Waals surface area contributed by atoms with Crippen LogP contribution in [-0.4, -0.2) is 29.0 Å². The molecule has 5 aromatic rings. The van der Waals surface area contributed by atoms with Crippen molar-refractivity contribution in [1.82, 2.24) is 29.0 Å². The minimum Gasteiger partial charge on any atom is -0.269 e. The summed E-state index contributed by atoms with van der Waals surface area (Å²) >= 11 is 2.82. The maximum absolute atomic E-state index is 12.4. The molecule has 144 valence electrons. The Morgan fingerprint density at radius 1 is 1.10 bits per heavy atom. The second kappa shape index (κ2) is 6.98. The van der Waals surface area contributed by atoms with Gasteiger partial charge in [-0.25, -0.2) is 19.5 Å². The Kier molecular flexibility index (Phi) is 4.29. The van der Waals surface area contributed by atoms with E-state index in [2.05, 4.69) is 20.1 Å². The van der Waals surface area contributed by atoms with Crippen molar-refractivity contribution in [2.75, 3.05) is 0 Å². The second-order valence-electron chi connectivity index (χ2n) is 6.38. The fourth-order valence-electron chi connectivity index (χ4n) is 3.01. The highest BCUT2D eigenvalue weighted by molar-refractivity contribution is 7.98. The largest absolute Gasteiger partial charge is 0.269 e. The molecule has 0 unspecified atom stereocenters. The molecule has 0 amide bonds. The molecular formula is C19H14N6O2S2. The lowest BCUT2D eigenvalue weighted by molar-refractivity contribution is 0.766. The van der Waals surface area contributed by atoms with Gasteiger partial charge < -0.3 is 0 Å². The van der Waals surface area contributed by atoms with Crippen LogP contribution in [-0.2, 0) is 5.75 Å². The molecule has 0 saturated carbocycles. The Balaban J connectivity index is 1.54. The molecule has 0 aliphatic rings. The van der Waals surface area contributed by atoms with E-state index in [-0.39, 0.29) is 11.1 Å². The summed E-state index contributed by atoms with van der Waals surface area (Å²) in [4.78, 5) is 38.6. The Labute approximate surface area is 171 Å². The Hall–Kier alpha value is -3.24. The summed E-state index contributed by atoms with van der Waals surface area (Å²) in [5.74, 6) is 0.966. The van der Waals surface area contributed by atoms with Crippen LogP contribution in [0.3, 0.4) is 0 Å². The van der Waals surface area contributed by atoms with E-state index in [0.717, 1.165) is 11.3 Å². The Morgan fingerprint density at radius 3 is 2.76 bits per heavy atom. The van der Waals surface area contributed by atoms with Crippen LogP contribution in [0.15, 0.2) is 62.6 Å². The summed E-state index contributed by atoms with van der Waals surface area (Å²) in [5.41, 5.74) is 2.52. The summed E-state index contributed by atoms with van der Waals surface area (Å²) in [7, 11) is 0. The molecule has 10 heteroatoms. The fraction of sp³-hybridized carbons (Fsp3) is 0.105. The maximum Gasteiger partial charge on any atom is 0.266 e. The average Bonchev–Trinajstić information content (AvgIpc) is 3.28.